The molecule has 0 saturated carbocycles. The van der Waals surface area contributed by atoms with Crippen LogP contribution in [0.2, 0.25) is 5.02 Å². The Morgan fingerprint density at radius 2 is 2.29 bits per heavy atom. The topological polar surface area (TPSA) is 48.1 Å². The fraction of sp³-hybridized carbons (Fsp3) is 0.250. The summed E-state index contributed by atoms with van der Waals surface area (Å²) in [5.74, 6) is 0.755. The van der Waals surface area contributed by atoms with E-state index in [2.05, 4.69) is 4.98 Å². The highest BCUT2D eigenvalue weighted by atomic mass is 35.5. The summed E-state index contributed by atoms with van der Waals surface area (Å²) < 4.78 is 5.12. The Morgan fingerprint density at radius 1 is 1.47 bits per heavy atom. The molecule has 0 saturated heterocycles. The minimum Gasteiger partial charge on any atom is -0.497 e. The van der Waals surface area contributed by atoms with Crippen LogP contribution >= 0.6 is 22.9 Å². The largest absolute Gasteiger partial charge is 0.497 e. The summed E-state index contributed by atoms with van der Waals surface area (Å²) in [4.78, 5) is 5.37. The van der Waals surface area contributed by atoms with E-state index in [-0.39, 0.29) is 0 Å². The maximum Gasteiger partial charge on any atom is 0.120 e. The van der Waals surface area contributed by atoms with Crippen LogP contribution in [-0.4, -0.2) is 18.6 Å². The lowest BCUT2D eigenvalue weighted by Crippen LogP contribution is -2.01. The highest BCUT2D eigenvalue weighted by molar-refractivity contribution is 7.15. The van der Waals surface area contributed by atoms with E-state index < -0.39 is 0 Å². The van der Waals surface area contributed by atoms with Crippen molar-refractivity contribution in [1.29, 1.82) is 0 Å². The van der Waals surface area contributed by atoms with Crippen molar-refractivity contribution >= 4 is 22.9 Å². The van der Waals surface area contributed by atoms with Gasteiger partial charge < -0.3 is 10.5 Å². The summed E-state index contributed by atoms with van der Waals surface area (Å²) in [5, 5.41) is 1.71. The van der Waals surface area contributed by atoms with Crippen molar-refractivity contribution in [3.8, 4) is 16.2 Å². The zero-order valence-corrected chi connectivity index (χ0v) is 11.0. The van der Waals surface area contributed by atoms with Crippen molar-refractivity contribution in [2.45, 2.75) is 6.42 Å². The number of nitrogens with zero attached hydrogens (tertiary/aromatic N) is 1. The second kappa shape index (κ2) is 5.49. The third-order valence-corrected chi connectivity index (χ3v) is 3.76. The first-order valence-electron chi connectivity index (χ1n) is 5.23. The molecule has 0 unspecified atom stereocenters. The molecular formula is C12H13ClN2OS. The Kier molecular flexibility index (Phi) is 3.99. The predicted octanol–water partition coefficient (Wildman–Crippen LogP) is 2.97. The molecule has 3 nitrogen and oxygen atoms in total. The maximum absolute atomic E-state index is 6.20. The van der Waals surface area contributed by atoms with Crippen molar-refractivity contribution in [2.24, 2.45) is 5.73 Å². The fourth-order valence-electron chi connectivity index (χ4n) is 1.50. The number of hydrogen-bond donors (Lipinski definition) is 1. The van der Waals surface area contributed by atoms with Crippen molar-refractivity contribution in [1.82, 2.24) is 4.98 Å². The molecular weight excluding hydrogens is 256 g/mol. The molecule has 2 rings (SSSR count). The Morgan fingerprint density at radius 3 is 2.94 bits per heavy atom. The van der Waals surface area contributed by atoms with Gasteiger partial charge in [0.2, 0.25) is 0 Å². The Hall–Kier alpha value is -1.10. The quantitative estimate of drug-likeness (QED) is 0.927. The van der Waals surface area contributed by atoms with Gasteiger partial charge in [0.25, 0.3) is 0 Å². The average Bonchev–Trinajstić information content (AvgIpc) is 2.78. The number of rotatable bonds is 4. The smallest absolute Gasteiger partial charge is 0.120 e. The lowest BCUT2D eigenvalue weighted by molar-refractivity contribution is 0.415. The van der Waals surface area contributed by atoms with Crippen LogP contribution in [0.25, 0.3) is 10.4 Å². The third kappa shape index (κ3) is 2.77. The van der Waals surface area contributed by atoms with Gasteiger partial charge in [0.1, 0.15) is 5.75 Å². The van der Waals surface area contributed by atoms with Crippen LogP contribution in [0.3, 0.4) is 0 Å². The van der Waals surface area contributed by atoms with Crippen LogP contribution in [0, 0.1) is 0 Å². The van der Waals surface area contributed by atoms with E-state index in [0.29, 0.717) is 11.6 Å². The van der Waals surface area contributed by atoms with Crippen molar-refractivity contribution in [3.63, 3.8) is 0 Å². The van der Waals surface area contributed by atoms with E-state index in [1.54, 1.807) is 24.5 Å². The second-order valence-corrected chi connectivity index (χ2v) is 5.03. The minimum atomic E-state index is 0.614. The predicted molar refractivity (Wildman–Crippen MR) is 71.9 cm³/mol. The van der Waals surface area contributed by atoms with E-state index in [0.717, 1.165) is 27.6 Å². The second-order valence-electron chi connectivity index (χ2n) is 3.50. The van der Waals surface area contributed by atoms with E-state index in [4.69, 9.17) is 22.1 Å². The van der Waals surface area contributed by atoms with Gasteiger partial charge in [0, 0.05) is 18.2 Å². The molecule has 0 aliphatic rings. The Labute approximate surface area is 109 Å². The number of thiazole rings is 1. The molecule has 0 bridgehead atoms. The van der Waals surface area contributed by atoms with Crippen LogP contribution < -0.4 is 10.5 Å². The van der Waals surface area contributed by atoms with Crippen LogP contribution in [0.15, 0.2) is 24.4 Å². The molecule has 1 heterocycles. The number of aromatic nitrogens is 1. The molecule has 2 N–H and O–H groups in total. The van der Waals surface area contributed by atoms with Crippen molar-refractivity contribution in [2.75, 3.05) is 13.7 Å². The summed E-state index contributed by atoms with van der Waals surface area (Å²) in [5.41, 5.74) is 6.48. The molecule has 1 aromatic carbocycles. The molecule has 2 aromatic rings. The van der Waals surface area contributed by atoms with E-state index >= 15 is 0 Å². The molecule has 0 amide bonds. The molecule has 1 aromatic heterocycles. The van der Waals surface area contributed by atoms with Gasteiger partial charge in [-0.1, -0.05) is 11.6 Å². The zero-order valence-electron chi connectivity index (χ0n) is 9.44. The summed E-state index contributed by atoms with van der Waals surface area (Å²) in [6.45, 7) is 0.614. The normalized spacial score (nSPS) is 10.5. The maximum atomic E-state index is 6.20. The van der Waals surface area contributed by atoms with E-state index in [9.17, 15) is 0 Å². The molecule has 0 radical (unpaired) electrons. The number of hydrogen-bond acceptors (Lipinski definition) is 4. The molecule has 0 aliphatic carbocycles. The number of halogens is 1. The first-order chi connectivity index (χ1) is 8.24. The van der Waals surface area contributed by atoms with E-state index in [1.165, 1.54) is 0 Å². The first-order valence-corrected chi connectivity index (χ1v) is 6.42. The standard InChI is InChI=1S/C12H13ClN2OS/c1-16-8-2-3-9(10(13)6-8)11-7-15-12(17-11)4-5-14/h2-3,6-7H,4-5,14H2,1H3. The molecule has 0 atom stereocenters. The summed E-state index contributed by atoms with van der Waals surface area (Å²) in [7, 11) is 1.62. The van der Waals surface area contributed by atoms with Crippen LogP contribution in [-0.2, 0) is 6.42 Å². The van der Waals surface area contributed by atoms with Crippen LogP contribution in [0.1, 0.15) is 5.01 Å². The van der Waals surface area contributed by atoms with Gasteiger partial charge >= 0.3 is 0 Å². The van der Waals surface area contributed by atoms with E-state index in [1.807, 2.05) is 18.3 Å². The van der Waals surface area contributed by atoms with Gasteiger partial charge in [-0.05, 0) is 24.7 Å². The lowest BCUT2D eigenvalue weighted by atomic mass is 10.2. The highest BCUT2D eigenvalue weighted by Gasteiger charge is 2.08. The number of nitrogens with two attached hydrogens (primary N) is 1. The van der Waals surface area contributed by atoms with Gasteiger partial charge in [-0.2, -0.15) is 0 Å². The number of ether oxygens (including phenoxy) is 1. The average molecular weight is 269 g/mol. The Bertz CT molecular complexity index is 513. The van der Waals surface area contributed by atoms with Gasteiger partial charge in [0.15, 0.2) is 0 Å². The monoisotopic (exact) mass is 268 g/mol. The van der Waals surface area contributed by atoms with Crippen molar-refractivity contribution in [3.05, 3.63) is 34.4 Å². The molecule has 0 fully saturated rings. The van der Waals surface area contributed by atoms with Crippen LogP contribution in [0.4, 0.5) is 0 Å². The zero-order chi connectivity index (χ0) is 12.3. The number of benzene rings is 1. The first kappa shape index (κ1) is 12.4. The molecule has 0 aliphatic heterocycles. The molecule has 17 heavy (non-hydrogen) atoms. The lowest BCUT2D eigenvalue weighted by Gasteiger charge is -2.03. The summed E-state index contributed by atoms with van der Waals surface area (Å²) in [6, 6.07) is 5.64. The fourth-order valence-corrected chi connectivity index (χ4v) is 2.80. The highest BCUT2D eigenvalue weighted by Crippen LogP contribution is 2.34. The molecule has 90 valence electrons. The van der Waals surface area contributed by atoms with Gasteiger partial charge in [-0.15, -0.1) is 11.3 Å². The Balaban J connectivity index is 2.32. The third-order valence-electron chi connectivity index (χ3n) is 2.35. The number of methoxy groups -OCH3 is 1. The minimum absolute atomic E-state index is 0.614. The van der Waals surface area contributed by atoms with Crippen LogP contribution in [0.5, 0.6) is 5.75 Å². The molecule has 5 heteroatoms. The van der Waals surface area contributed by atoms with Gasteiger partial charge in [-0.25, -0.2) is 4.98 Å². The summed E-state index contributed by atoms with van der Waals surface area (Å²) >= 11 is 7.83. The SMILES string of the molecule is COc1ccc(-c2cnc(CCN)s2)c(Cl)c1. The van der Waals surface area contributed by atoms with Crippen molar-refractivity contribution < 1.29 is 4.74 Å². The van der Waals surface area contributed by atoms with Gasteiger partial charge in [-0.3, -0.25) is 0 Å². The summed E-state index contributed by atoms with van der Waals surface area (Å²) in [6.07, 6.45) is 2.64. The molecule has 0 spiro atoms. The van der Waals surface area contributed by atoms with Gasteiger partial charge in [0.05, 0.1) is 22.0 Å².